The predicted octanol–water partition coefficient (Wildman–Crippen LogP) is 2.16. The first-order valence-corrected chi connectivity index (χ1v) is 7.22. The first-order valence-electron chi connectivity index (χ1n) is 7.22. The van der Waals surface area contributed by atoms with Crippen molar-refractivity contribution in [3.05, 3.63) is 35.4 Å². The van der Waals surface area contributed by atoms with Gasteiger partial charge in [0.15, 0.2) is 0 Å². The van der Waals surface area contributed by atoms with Crippen molar-refractivity contribution in [1.82, 2.24) is 9.80 Å². The van der Waals surface area contributed by atoms with Crippen LogP contribution in [0.4, 0.5) is 0 Å². The summed E-state index contributed by atoms with van der Waals surface area (Å²) in [5.41, 5.74) is 1.54. The number of carboxylic acids is 1. The number of benzene rings is 1. The molecule has 110 valence electrons. The van der Waals surface area contributed by atoms with Crippen LogP contribution >= 0.6 is 0 Å². The zero-order valence-electron chi connectivity index (χ0n) is 12.5. The average Bonchev–Trinajstić information content (AvgIpc) is 2.41. The van der Waals surface area contributed by atoms with Crippen LogP contribution in [0.2, 0.25) is 0 Å². The van der Waals surface area contributed by atoms with Gasteiger partial charge in [-0.25, -0.2) is 4.79 Å². The zero-order valence-corrected chi connectivity index (χ0v) is 12.5. The van der Waals surface area contributed by atoms with Crippen LogP contribution in [0.15, 0.2) is 24.3 Å². The van der Waals surface area contributed by atoms with Crippen LogP contribution in [0.25, 0.3) is 0 Å². The third kappa shape index (κ3) is 3.58. The van der Waals surface area contributed by atoms with Crippen molar-refractivity contribution < 1.29 is 9.90 Å². The molecule has 0 radical (unpaired) electrons. The second-order valence-electron chi connectivity index (χ2n) is 6.05. The summed E-state index contributed by atoms with van der Waals surface area (Å²) in [5, 5.41) is 8.93. The first kappa shape index (κ1) is 15.0. The maximum Gasteiger partial charge on any atom is 0.335 e. The summed E-state index contributed by atoms with van der Waals surface area (Å²) in [6.07, 6.45) is 0. The van der Waals surface area contributed by atoms with Gasteiger partial charge in [0.05, 0.1) is 5.56 Å². The van der Waals surface area contributed by atoms with Crippen molar-refractivity contribution in [2.75, 3.05) is 26.7 Å². The minimum absolute atomic E-state index is 0.354. The van der Waals surface area contributed by atoms with Crippen molar-refractivity contribution >= 4 is 5.97 Å². The molecule has 1 aromatic rings. The number of carbonyl (C=O) groups is 1. The van der Waals surface area contributed by atoms with Gasteiger partial charge in [-0.15, -0.1) is 0 Å². The highest BCUT2D eigenvalue weighted by atomic mass is 16.4. The van der Waals surface area contributed by atoms with Gasteiger partial charge in [-0.05, 0) is 30.7 Å². The van der Waals surface area contributed by atoms with Crippen LogP contribution < -0.4 is 0 Å². The summed E-state index contributed by atoms with van der Waals surface area (Å²) in [6, 6.07) is 7.81. The third-order valence-corrected chi connectivity index (χ3v) is 4.09. The van der Waals surface area contributed by atoms with Gasteiger partial charge in [-0.1, -0.05) is 26.0 Å². The van der Waals surface area contributed by atoms with Crippen LogP contribution in [0, 0.1) is 5.92 Å². The van der Waals surface area contributed by atoms with E-state index in [1.165, 1.54) is 5.56 Å². The lowest BCUT2D eigenvalue weighted by atomic mass is 9.99. The highest BCUT2D eigenvalue weighted by molar-refractivity contribution is 5.87. The SMILES string of the molecule is CC(C)C1CN(C)CCN1Cc1ccc(C(=O)O)cc1. The van der Waals surface area contributed by atoms with E-state index >= 15 is 0 Å². The Kier molecular flexibility index (Phi) is 4.78. The molecule has 0 saturated carbocycles. The van der Waals surface area contributed by atoms with Crippen molar-refractivity contribution in [1.29, 1.82) is 0 Å². The van der Waals surface area contributed by atoms with Gasteiger partial charge in [0.2, 0.25) is 0 Å². The van der Waals surface area contributed by atoms with Crippen molar-refractivity contribution in [2.24, 2.45) is 5.92 Å². The molecule has 0 bridgehead atoms. The quantitative estimate of drug-likeness (QED) is 0.915. The van der Waals surface area contributed by atoms with E-state index in [0.717, 1.165) is 26.2 Å². The van der Waals surface area contributed by atoms with Gasteiger partial charge in [-0.2, -0.15) is 0 Å². The molecule has 1 atom stereocenters. The van der Waals surface area contributed by atoms with Crippen LogP contribution in [-0.2, 0) is 6.54 Å². The van der Waals surface area contributed by atoms with Gasteiger partial charge in [0.1, 0.15) is 0 Å². The first-order chi connectivity index (χ1) is 9.47. The number of aromatic carboxylic acids is 1. The number of rotatable bonds is 4. The highest BCUT2D eigenvalue weighted by Gasteiger charge is 2.27. The van der Waals surface area contributed by atoms with Gasteiger partial charge in [-0.3, -0.25) is 4.90 Å². The Balaban J connectivity index is 2.05. The fourth-order valence-electron chi connectivity index (χ4n) is 2.81. The number of carboxylic acid groups (broad SMARTS) is 1. The largest absolute Gasteiger partial charge is 0.478 e. The maximum atomic E-state index is 10.9. The molecule has 0 aromatic heterocycles. The molecule has 1 heterocycles. The van der Waals surface area contributed by atoms with E-state index in [4.69, 9.17) is 5.11 Å². The Bertz CT molecular complexity index is 456. The van der Waals surface area contributed by atoms with Gasteiger partial charge in [0.25, 0.3) is 0 Å². The van der Waals surface area contributed by atoms with Gasteiger partial charge < -0.3 is 10.0 Å². The van der Waals surface area contributed by atoms with E-state index in [9.17, 15) is 4.79 Å². The number of hydrogen-bond donors (Lipinski definition) is 1. The predicted molar refractivity (Wildman–Crippen MR) is 79.9 cm³/mol. The lowest BCUT2D eigenvalue weighted by Crippen LogP contribution is -2.53. The molecule has 4 nitrogen and oxygen atoms in total. The van der Waals surface area contributed by atoms with Crippen molar-refractivity contribution in [3.63, 3.8) is 0 Å². The molecule has 0 amide bonds. The molecular weight excluding hydrogens is 252 g/mol. The summed E-state index contributed by atoms with van der Waals surface area (Å²) in [6.45, 7) is 8.70. The molecule has 0 aliphatic carbocycles. The van der Waals surface area contributed by atoms with Crippen molar-refractivity contribution in [2.45, 2.75) is 26.4 Å². The maximum absolute atomic E-state index is 10.9. The normalized spacial score (nSPS) is 21.3. The molecule has 1 aliphatic rings. The van der Waals surface area contributed by atoms with E-state index in [2.05, 4.69) is 30.7 Å². The summed E-state index contributed by atoms with van der Waals surface area (Å²) >= 11 is 0. The molecule has 1 saturated heterocycles. The molecule has 1 N–H and O–H groups in total. The smallest absolute Gasteiger partial charge is 0.335 e. The third-order valence-electron chi connectivity index (χ3n) is 4.09. The van der Waals surface area contributed by atoms with Gasteiger partial charge in [0, 0.05) is 32.2 Å². The van der Waals surface area contributed by atoms with Crippen LogP contribution in [0.3, 0.4) is 0 Å². The number of piperazine rings is 1. The Morgan fingerprint density at radius 1 is 1.30 bits per heavy atom. The van der Waals surface area contributed by atoms with Crippen molar-refractivity contribution in [3.8, 4) is 0 Å². The van der Waals surface area contributed by atoms with E-state index < -0.39 is 5.97 Å². The molecular formula is C16H24N2O2. The van der Waals surface area contributed by atoms with Gasteiger partial charge >= 0.3 is 5.97 Å². The second kappa shape index (κ2) is 6.37. The summed E-state index contributed by atoms with van der Waals surface area (Å²) < 4.78 is 0. The topological polar surface area (TPSA) is 43.8 Å². The van der Waals surface area contributed by atoms with E-state index in [-0.39, 0.29) is 0 Å². The summed E-state index contributed by atoms with van der Waals surface area (Å²) in [7, 11) is 2.17. The fourth-order valence-corrected chi connectivity index (χ4v) is 2.81. The molecule has 2 rings (SSSR count). The summed E-state index contributed by atoms with van der Waals surface area (Å²) in [5.74, 6) is -0.243. The van der Waals surface area contributed by atoms with E-state index in [1.807, 2.05) is 12.1 Å². The lowest BCUT2D eigenvalue weighted by Gasteiger charge is -2.42. The molecule has 1 fully saturated rings. The number of likely N-dealkylation sites (N-methyl/N-ethyl adjacent to an activating group) is 1. The minimum atomic E-state index is -0.865. The molecule has 0 spiro atoms. The Morgan fingerprint density at radius 2 is 1.95 bits per heavy atom. The van der Waals surface area contributed by atoms with E-state index in [0.29, 0.717) is 17.5 Å². The lowest BCUT2D eigenvalue weighted by molar-refractivity contribution is 0.0571. The minimum Gasteiger partial charge on any atom is -0.478 e. The van der Waals surface area contributed by atoms with E-state index in [1.54, 1.807) is 12.1 Å². The Morgan fingerprint density at radius 3 is 2.50 bits per heavy atom. The molecule has 4 heteroatoms. The monoisotopic (exact) mass is 276 g/mol. The fraction of sp³-hybridized carbons (Fsp3) is 0.562. The summed E-state index contributed by atoms with van der Waals surface area (Å²) in [4.78, 5) is 15.8. The highest BCUT2D eigenvalue weighted by Crippen LogP contribution is 2.19. The standard InChI is InChI=1S/C16H24N2O2/c1-12(2)15-11-17(3)8-9-18(15)10-13-4-6-14(7-5-13)16(19)20/h4-7,12,15H,8-11H2,1-3H3,(H,19,20). The van der Waals surface area contributed by atoms with Crippen LogP contribution in [-0.4, -0.2) is 53.6 Å². The second-order valence-corrected chi connectivity index (χ2v) is 6.05. The Hall–Kier alpha value is -1.39. The molecule has 20 heavy (non-hydrogen) atoms. The molecule has 1 aromatic carbocycles. The van der Waals surface area contributed by atoms with Crippen LogP contribution in [0.5, 0.6) is 0 Å². The number of nitrogens with zero attached hydrogens (tertiary/aromatic N) is 2. The van der Waals surface area contributed by atoms with Crippen LogP contribution in [0.1, 0.15) is 29.8 Å². The molecule has 1 unspecified atom stereocenters. The Labute approximate surface area is 121 Å². The number of hydrogen-bond acceptors (Lipinski definition) is 3. The zero-order chi connectivity index (χ0) is 14.7. The molecule has 1 aliphatic heterocycles. The average molecular weight is 276 g/mol.